The van der Waals surface area contributed by atoms with Gasteiger partial charge in [0.15, 0.2) is 5.96 Å². The van der Waals surface area contributed by atoms with Gasteiger partial charge in [0, 0.05) is 18.6 Å². The van der Waals surface area contributed by atoms with Crippen LogP contribution in [-0.2, 0) is 0 Å². The second-order valence-corrected chi connectivity index (χ2v) is 5.68. The van der Waals surface area contributed by atoms with Crippen molar-refractivity contribution in [2.24, 2.45) is 4.99 Å². The van der Waals surface area contributed by atoms with E-state index in [-0.39, 0.29) is 6.04 Å². The van der Waals surface area contributed by atoms with Crippen molar-refractivity contribution in [2.45, 2.75) is 19.4 Å². The van der Waals surface area contributed by atoms with Crippen molar-refractivity contribution in [1.29, 1.82) is 0 Å². The van der Waals surface area contributed by atoms with E-state index in [1.54, 1.807) is 7.05 Å². The van der Waals surface area contributed by atoms with Crippen LogP contribution in [0.3, 0.4) is 0 Å². The molecule has 106 valence electrons. The minimum Gasteiger partial charge on any atom is -0.356 e. The van der Waals surface area contributed by atoms with Crippen LogP contribution in [0.15, 0.2) is 29.3 Å². The van der Waals surface area contributed by atoms with E-state index in [1.165, 1.54) is 5.56 Å². The molecule has 0 aromatic heterocycles. The zero-order valence-electron chi connectivity index (χ0n) is 11.7. The minimum atomic E-state index is 0.198. The molecule has 1 aromatic rings. The lowest BCUT2D eigenvalue weighted by Gasteiger charge is -2.18. The lowest BCUT2D eigenvalue weighted by atomic mass is 10.1. The summed E-state index contributed by atoms with van der Waals surface area (Å²) in [5, 5.41) is 7.44. The lowest BCUT2D eigenvalue weighted by Crippen LogP contribution is -2.39. The van der Waals surface area contributed by atoms with E-state index < -0.39 is 0 Å². The SMILES string of the molecule is CN=C(NCCCSC)NC(C)c1ccc(Cl)cc1. The summed E-state index contributed by atoms with van der Waals surface area (Å²) in [6.45, 7) is 3.05. The Kier molecular flexibility index (Phi) is 7.75. The Morgan fingerprint density at radius 2 is 2.05 bits per heavy atom. The molecule has 0 heterocycles. The van der Waals surface area contributed by atoms with Crippen LogP contribution in [0.25, 0.3) is 0 Å². The topological polar surface area (TPSA) is 36.4 Å². The average molecular weight is 300 g/mol. The largest absolute Gasteiger partial charge is 0.356 e. The molecule has 0 spiro atoms. The van der Waals surface area contributed by atoms with Crippen molar-refractivity contribution in [3.8, 4) is 0 Å². The molecule has 1 unspecified atom stereocenters. The molecule has 19 heavy (non-hydrogen) atoms. The zero-order chi connectivity index (χ0) is 14.1. The number of guanidine groups is 1. The fraction of sp³-hybridized carbons (Fsp3) is 0.500. The molecule has 0 radical (unpaired) electrons. The smallest absolute Gasteiger partial charge is 0.191 e. The summed E-state index contributed by atoms with van der Waals surface area (Å²) in [6.07, 6.45) is 3.26. The van der Waals surface area contributed by atoms with Crippen LogP contribution < -0.4 is 10.6 Å². The third-order valence-corrected chi connectivity index (χ3v) is 3.71. The molecular weight excluding hydrogens is 278 g/mol. The molecule has 0 saturated heterocycles. The van der Waals surface area contributed by atoms with Crippen LogP contribution in [0, 0.1) is 0 Å². The van der Waals surface area contributed by atoms with E-state index in [2.05, 4.69) is 28.8 Å². The van der Waals surface area contributed by atoms with Crippen molar-refractivity contribution < 1.29 is 0 Å². The van der Waals surface area contributed by atoms with Crippen LogP contribution in [0.4, 0.5) is 0 Å². The third kappa shape index (κ3) is 6.21. The molecule has 1 atom stereocenters. The van der Waals surface area contributed by atoms with Gasteiger partial charge in [-0.05, 0) is 43.0 Å². The summed E-state index contributed by atoms with van der Waals surface area (Å²) >= 11 is 7.75. The monoisotopic (exact) mass is 299 g/mol. The van der Waals surface area contributed by atoms with Gasteiger partial charge in [0.25, 0.3) is 0 Å². The van der Waals surface area contributed by atoms with Gasteiger partial charge in [-0.1, -0.05) is 23.7 Å². The average Bonchev–Trinajstić information content (AvgIpc) is 2.42. The third-order valence-electron chi connectivity index (χ3n) is 2.76. The quantitative estimate of drug-likeness (QED) is 0.481. The Morgan fingerprint density at radius 1 is 1.37 bits per heavy atom. The van der Waals surface area contributed by atoms with Crippen molar-refractivity contribution in [1.82, 2.24) is 10.6 Å². The van der Waals surface area contributed by atoms with Crippen LogP contribution in [-0.4, -0.2) is 31.6 Å². The van der Waals surface area contributed by atoms with Gasteiger partial charge in [0.05, 0.1) is 6.04 Å². The van der Waals surface area contributed by atoms with Crippen molar-refractivity contribution >= 4 is 29.3 Å². The number of rotatable bonds is 6. The van der Waals surface area contributed by atoms with Crippen LogP contribution >= 0.6 is 23.4 Å². The van der Waals surface area contributed by atoms with E-state index in [0.29, 0.717) is 0 Å². The maximum atomic E-state index is 5.89. The number of nitrogens with zero attached hydrogens (tertiary/aromatic N) is 1. The highest BCUT2D eigenvalue weighted by Gasteiger charge is 2.07. The summed E-state index contributed by atoms with van der Waals surface area (Å²) in [5.41, 5.74) is 1.19. The van der Waals surface area contributed by atoms with E-state index in [1.807, 2.05) is 36.0 Å². The molecule has 2 N–H and O–H groups in total. The van der Waals surface area contributed by atoms with Crippen molar-refractivity contribution in [3.63, 3.8) is 0 Å². The van der Waals surface area contributed by atoms with Gasteiger partial charge in [0.1, 0.15) is 0 Å². The van der Waals surface area contributed by atoms with E-state index in [0.717, 1.165) is 29.7 Å². The molecular formula is C14H22ClN3S. The number of nitrogens with one attached hydrogen (secondary N) is 2. The lowest BCUT2D eigenvalue weighted by molar-refractivity contribution is 0.683. The highest BCUT2D eigenvalue weighted by Crippen LogP contribution is 2.15. The Balaban J connectivity index is 2.44. The second kappa shape index (κ2) is 9.10. The van der Waals surface area contributed by atoms with Crippen LogP contribution in [0.2, 0.25) is 5.02 Å². The fourth-order valence-electron chi connectivity index (χ4n) is 1.66. The number of hydrogen-bond donors (Lipinski definition) is 2. The van der Waals surface area contributed by atoms with Crippen molar-refractivity contribution in [3.05, 3.63) is 34.9 Å². The van der Waals surface area contributed by atoms with Crippen LogP contribution in [0.1, 0.15) is 24.9 Å². The minimum absolute atomic E-state index is 0.198. The number of aliphatic imine (C=N–C) groups is 1. The molecule has 0 amide bonds. The Morgan fingerprint density at radius 3 is 2.63 bits per heavy atom. The molecule has 0 bridgehead atoms. The second-order valence-electron chi connectivity index (χ2n) is 4.26. The highest BCUT2D eigenvalue weighted by molar-refractivity contribution is 7.98. The molecule has 3 nitrogen and oxygen atoms in total. The first-order valence-electron chi connectivity index (χ1n) is 6.39. The summed E-state index contributed by atoms with van der Waals surface area (Å²) < 4.78 is 0. The Bertz CT molecular complexity index is 392. The zero-order valence-corrected chi connectivity index (χ0v) is 13.3. The predicted molar refractivity (Wildman–Crippen MR) is 87.4 cm³/mol. The predicted octanol–water partition coefficient (Wildman–Crippen LogP) is 3.32. The van der Waals surface area contributed by atoms with E-state index in [4.69, 9.17) is 11.6 Å². The number of hydrogen-bond acceptors (Lipinski definition) is 2. The molecule has 0 aliphatic rings. The molecule has 0 aliphatic heterocycles. The Hall–Kier alpha value is -0.870. The summed E-state index contributed by atoms with van der Waals surface area (Å²) in [5.74, 6) is 2.00. The van der Waals surface area contributed by atoms with Gasteiger partial charge in [-0.3, -0.25) is 4.99 Å². The normalized spacial score (nSPS) is 13.2. The fourth-order valence-corrected chi connectivity index (χ4v) is 2.22. The van der Waals surface area contributed by atoms with Gasteiger partial charge in [-0.2, -0.15) is 11.8 Å². The molecule has 1 aromatic carbocycles. The maximum Gasteiger partial charge on any atom is 0.191 e. The number of benzene rings is 1. The summed E-state index contributed by atoms with van der Waals surface area (Å²) in [4.78, 5) is 4.23. The first-order chi connectivity index (χ1) is 9.17. The first-order valence-corrected chi connectivity index (χ1v) is 8.16. The van der Waals surface area contributed by atoms with Crippen LogP contribution in [0.5, 0.6) is 0 Å². The molecule has 1 rings (SSSR count). The Labute approximate surface area is 125 Å². The molecule has 0 saturated carbocycles. The van der Waals surface area contributed by atoms with Gasteiger partial charge in [-0.15, -0.1) is 0 Å². The van der Waals surface area contributed by atoms with E-state index >= 15 is 0 Å². The molecule has 0 fully saturated rings. The van der Waals surface area contributed by atoms with Crippen molar-refractivity contribution in [2.75, 3.05) is 25.6 Å². The van der Waals surface area contributed by atoms with Gasteiger partial charge in [0.2, 0.25) is 0 Å². The number of thioether (sulfide) groups is 1. The standard InChI is InChI=1S/C14H22ClN3S/c1-11(12-5-7-13(15)8-6-12)18-14(16-2)17-9-4-10-19-3/h5-8,11H,4,9-10H2,1-3H3,(H2,16,17,18). The summed E-state index contributed by atoms with van der Waals surface area (Å²) in [6, 6.07) is 8.07. The van der Waals surface area contributed by atoms with Gasteiger partial charge < -0.3 is 10.6 Å². The number of halogens is 1. The molecule has 0 aliphatic carbocycles. The van der Waals surface area contributed by atoms with Gasteiger partial charge in [-0.25, -0.2) is 0 Å². The first kappa shape index (κ1) is 16.2. The van der Waals surface area contributed by atoms with Gasteiger partial charge >= 0.3 is 0 Å². The maximum absolute atomic E-state index is 5.89. The van der Waals surface area contributed by atoms with E-state index in [9.17, 15) is 0 Å². The highest BCUT2D eigenvalue weighted by atomic mass is 35.5. The summed E-state index contributed by atoms with van der Waals surface area (Å²) in [7, 11) is 1.79. The molecule has 5 heteroatoms.